The standard InChI is InChI=1S/C20H32N4O/c1-7-24(16(3)13-22(4)5)20(25)21-11-10-17-14-23(6)19-12-15(2)8-9-18(17)19/h8-9,12,14,16H,7,10-11,13H2,1-6H3,(H,21,25)/t16-/m0/s1. The molecule has 138 valence electrons. The van der Waals surface area contributed by atoms with Gasteiger partial charge < -0.3 is 19.7 Å². The van der Waals surface area contributed by atoms with Crippen LogP contribution in [0.1, 0.15) is 25.0 Å². The molecule has 1 atom stereocenters. The number of benzene rings is 1. The summed E-state index contributed by atoms with van der Waals surface area (Å²) in [5.41, 5.74) is 3.79. The molecule has 2 amide bonds. The SMILES string of the molecule is CCN(C(=O)NCCc1cn(C)c2cc(C)ccc12)[C@@H](C)CN(C)C. The van der Waals surface area contributed by atoms with E-state index in [1.165, 1.54) is 22.0 Å². The fourth-order valence-electron chi connectivity index (χ4n) is 3.47. The average Bonchev–Trinajstić information content (AvgIpc) is 2.83. The highest BCUT2D eigenvalue weighted by molar-refractivity contribution is 5.84. The first-order valence-electron chi connectivity index (χ1n) is 9.07. The van der Waals surface area contributed by atoms with Crippen molar-refractivity contribution in [1.29, 1.82) is 0 Å². The minimum absolute atomic E-state index is 0.0212. The number of aryl methyl sites for hydroxylation is 2. The third-order valence-electron chi connectivity index (χ3n) is 4.66. The molecule has 5 heteroatoms. The summed E-state index contributed by atoms with van der Waals surface area (Å²) in [5.74, 6) is 0. The molecule has 1 N–H and O–H groups in total. The third kappa shape index (κ3) is 4.75. The lowest BCUT2D eigenvalue weighted by atomic mass is 10.1. The number of nitrogens with one attached hydrogen (secondary N) is 1. The Balaban J connectivity index is 1.97. The Morgan fingerprint density at radius 2 is 2.04 bits per heavy atom. The van der Waals surface area contributed by atoms with E-state index in [2.05, 4.69) is 60.1 Å². The highest BCUT2D eigenvalue weighted by Crippen LogP contribution is 2.22. The Morgan fingerprint density at radius 1 is 1.32 bits per heavy atom. The fourth-order valence-corrected chi connectivity index (χ4v) is 3.47. The number of hydrogen-bond acceptors (Lipinski definition) is 2. The maximum Gasteiger partial charge on any atom is 0.317 e. The number of nitrogens with zero attached hydrogens (tertiary/aromatic N) is 3. The van der Waals surface area contributed by atoms with Crippen LogP contribution in [0, 0.1) is 6.92 Å². The molecule has 0 saturated carbocycles. The van der Waals surface area contributed by atoms with Gasteiger partial charge in [0.2, 0.25) is 0 Å². The largest absolute Gasteiger partial charge is 0.350 e. The van der Waals surface area contributed by atoms with Gasteiger partial charge in [0.1, 0.15) is 0 Å². The fraction of sp³-hybridized carbons (Fsp3) is 0.550. The van der Waals surface area contributed by atoms with E-state index in [-0.39, 0.29) is 12.1 Å². The minimum atomic E-state index is 0.0212. The molecule has 2 aromatic rings. The normalized spacial score (nSPS) is 12.6. The van der Waals surface area contributed by atoms with E-state index in [4.69, 9.17) is 0 Å². The smallest absolute Gasteiger partial charge is 0.317 e. The maximum absolute atomic E-state index is 12.5. The van der Waals surface area contributed by atoms with E-state index in [9.17, 15) is 4.79 Å². The summed E-state index contributed by atoms with van der Waals surface area (Å²) in [6.07, 6.45) is 3.01. The van der Waals surface area contributed by atoms with Gasteiger partial charge in [-0.3, -0.25) is 0 Å². The number of likely N-dealkylation sites (N-methyl/N-ethyl adjacent to an activating group) is 2. The van der Waals surface area contributed by atoms with Crippen molar-refractivity contribution in [2.75, 3.05) is 33.7 Å². The van der Waals surface area contributed by atoms with Crippen LogP contribution < -0.4 is 5.32 Å². The van der Waals surface area contributed by atoms with E-state index in [0.717, 1.165) is 13.0 Å². The van der Waals surface area contributed by atoms with Gasteiger partial charge in [-0.25, -0.2) is 4.79 Å². The van der Waals surface area contributed by atoms with E-state index in [1.807, 2.05) is 25.9 Å². The van der Waals surface area contributed by atoms with Gasteiger partial charge in [0, 0.05) is 49.8 Å². The van der Waals surface area contributed by atoms with E-state index in [0.29, 0.717) is 13.1 Å². The van der Waals surface area contributed by atoms with Crippen LogP contribution in [0.3, 0.4) is 0 Å². The van der Waals surface area contributed by atoms with Crippen LogP contribution in [0.25, 0.3) is 10.9 Å². The quantitative estimate of drug-likeness (QED) is 0.839. The lowest BCUT2D eigenvalue weighted by Gasteiger charge is -2.30. The van der Waals surface area contributed by atoms with Crippen LogP contribution in [0.5, 0.6) is 0 Å². The van der Waals surface area contributed by atoms with E-state index < -0.39 is 0 Å². The molecular formula is C20H32N4O. The zero-order valence-corrected chi connectivity index (χ0v) is 16.5. The number of amides is 2. The van der Waals surface area contributed by atoms with Crippen LogP contribution in [0.15, 0.2) is 24.4 Å². The first-order chi connectivity index (χ1) is 11.8. The Kier molecular flexibility index (Phi) is 6.48. The molecule has 0 aliphatic heterocycles. The first-order valence-corrected chi connectivity index (χ1v) is 9.07. The van der Waals surface area contributed by atoms with Gasteiger partial charge in [0.15, 0.2) is 0 Å². The molecule has 0 spiro atoms. The molecule has 0 aliphatic carbocycles. The molecule has 1 aromatic carbocycles. The number of aromatic nitrogens is 1. The molecule has 0 aliphatic rings. The summed E-state index contributed by atoms with van der Waals surface area (Å²) >= 11 is 0. The molecule has 0 saturated heterocycles. The van der Waals surface area contributed by atoms with Crippen molar-refractivity contribution < 1.29 is 4.79 Å². The second kappa shape index (κ2) is 8.39. The number of carbonyl (C=O) groups is 1. The van der Waals surface area contributed by atoms with Crippen molar-refractivity contribution in [3.8, 4) is 0 Å². The molecule has 1 heterocycles. The monoisotopic (exact) mass is 344 g/mol. The summed E-state index contributed by atoms with van der Waals surface area (Å²) < 4.78 is 2.16. The Hall–Kier alpha value is -2.01. The van der Waals surface area contributed by atoms with Gasteiger partial charge in [-0.2, -0.15) is 0 Å². The van der Waals surface area contributed by atoms with Crippen LogP contribution in [-0.2, 0) is 13.5 Å². The van der Waals surface area contributed by atoms with Crippen LogP contribution in [0.2, 0.25) is 0 Å². The van der Waals surface area contributed by atoms with Crippen molar-refractivity contribution in [2.24, 2.45) is 7.05 Å². The van der Waals surface area contributed by atoms with E-state index >= 15 is 0 Å². The Morgan fingerprint density at radius 3 is 2.68 bits per heavy atom. The van der Waals surface area contributed by atoms with Gasteiger partial charge >= 0.3 is 6.03 Å². The van der Waals surface area contributed by atoms with Crippen LogP contribution in [-0.4, -0.2) is 60.2 Å². The molecule has 1 aromatic heterocycles. The van der Waals surface area contributed by atoms with Gasteiger partial charge in [0.25, 0.3) is 0 Å². The van der Waals surface area contributed by atoms with Gasteiger partial charge in [-0.05, 0) is 58.5 Å². The number of fused-ring (bicyclic) bond motifs is 1. The summed E-state index contributed by atoms with van der Waals surface area (Å²) in [7, 11) is 6.14. The second-order valence-corrected chi connectivity index (χ2v) is 7.17. The summed E-state index contributed by atoms with van der Waals surface area (Å²) in [4.78, 5) is 16.5. The van der Waals surface area contributed by atoms with Gasteiger partial charge in [-0.1, -0.05) is 12.1 Å². The highest BCUT2D eigenvalue weighted by Gasteiger charge is 2.18. The van der Waals surface area contributed by atoms with Crippen molar-refractivity contribution in [2.45, 2.75) is 33.2 Å². The maximum atomic E-state index is 12.5. The lowest BCUT2D eigenvalue weighted by Crippen LogP contribution is -2.48. The molecular weight excluding hydrogens is 312 g/mol. The zero-order valence-electron chi connectivity index (χ0n) is 16.5. The predicted molar refractivity (Wildman–Crippen MR) is 105 cm³/mol. The minimum Gasteiger partial charge on any atom is -0.350 e. The van der Waals surface area contributed by atoms with Gasteiger partial charge in [-0.15, -0.1) is 0 Å². The average molecular weight is 345 g/mol. The second-order valence-electron chi connectivity index (χ2n) is 7.17. The number of carbonyl (C=O) groups excluding carboxylic acids is 1. The van der Waals surface area contributed by atoms with Crippen LogP contribution >= 0.6 is 0 Å². The number of rotatable bonds is 7. The molecule has 2 rings (SSSR count). The molecule has 0 bridgehead atoms. The lowest BCUT2D eigenvalue weighted by molar-refractivity contribution is 0.169. The summed E-state index contributed by atoms with van der Waals surface area (Å²) in [6, 6.07) is 6.75. The summed E-state index contributed by atoms with van der Waals surface area (Å²) in [5, 5.41) is 4.35. The zero-order chi connectivity index (χ0) is 18.6. The molecule has 0 unspecified atom stereocenters. The molecule has 5 nitrogen and oxygen atoms in total. The third-order valence-corrected chi connectivity index (χ3v) is 4.66. The molecule has 25 heavy (non-hydrogen) atoms. The molecule has 0 fully saturated rings. The van der Waals surface area contributed by atoms with Gasteiger partial charge in [0.05, 0.1) is 0 Å². The summed E-state index contributed by atoms with van der Waals surface area (Å²) in [6.45, 7) is 8.46. The van der Waals surface area contributed by atoms with Crippen LogP contribution in [0.4, 0.5) is 4.79 Å². The Bertz CT molecular complexity index is 720. The Labute approximate surface area is 151 Å². The number of urea groups is 1. The van der Waals surface area contributed by atoms with Crippen molar-refractivity contribution >= 4 is 16.9 Å². The predicted octanol–water partition coefficient (Wildman–Crippen LogP) is 3.01. The first kappa shape index (κ1) is 19.3. The topological polar surface area (TPSA) is 40.5 Å². The highest BCUT2D eigenvalue weighted by atomic mass is 16.2. The van der Waals surface area contributed by atoms with E-state index in [1.54, 1.807) is 0 Å². The van der Waals surface area contributed by atoms with Crippen molar-refractivity contribution in [3.05, 3.63) is 35.5 Å². The number of hydrogen-bond donors (Lipinski definition) is 1. The van der Waals surface area contributed by atoms with Crippen molar-refractivity contribution in [1.82, 2.24) is 19.7 Å². The van der Waals surface area contributed by atoms with Crippen molar-refractivity contribution in [3.63, 3.8) is 0 Å². The molecule has 0 radical (unpaired) electrons.